The Morgan fingerprint density at radius 1 is 1.22 bits per heavy atom. The van der Waals surface area contributed by atoms with Crippen molar-refractivity contribution in [2.24, 2.45) is 5.92 Å². The van der Waals surface area contributed by atoms with Crippen molar-refractivity contribution >= 4 is 23.0 Å². The molecule has 3 aromatic rings. The van der Waals surface area contributed by atoms with Crippen LogP contribution in [0.1, 0.15) is 36.5 Å². The van der Waals surface area contributed by atoms with Gasteiger partial charge in [-0.1, -0.05) is 0 Å². The second-order valence-corrected chi connectivity index (χ2v) is 9.18. The molecule has 0 spiro atoms. The van der Waals surface area contributed by atoms with Crippen LogP contribution in [0, 0.1) is 5.92 Å². The second-order valence-electron chi connectivity index (χ2n) is 9.18. The van der Waals surface area contributed by atoms with Crippen molar-refractivity contribution in [2.45, 2.75) is 32.2 Å². The van der Waals surface area contributed by atoms with E-state index in [1.54, 1.807) is 18.0 Å². The summed E-state index contributed by atoms with van der Waals surface area (Å²) in [5.74, 6) is 2.13. The fourth-order valence-electron chi connectivity index (χ4n) is 4.61. The number of benzene rings is 1. The molecule has 0 radical (unpaired) electrons. The van der Waals surface area contributed by atoms with Crippen LogP contribution in [-0.2, 0) is 4.74 Å². The van der Waals surface area contributed by atoms with Crippen molar-refractivity contribution in [2.75, 3.05) is 33.1 Å². The van der Waals surface area contributed by atoms with Gasteiger partial charge in [0.05, 0.1) is 29.9 Å². The number of nitrogens with zero attached hydrogens (tertiary/aromatic N) is 3. The lowest BCUT2D eigenvalue weighted by Crippen LogP contribution is -2.38. The van der Waals surface area contributed by atoms with Gasteiger partial charge in [-0.15, -0.1) is 0 Å². The van der Waals surface area contributed by atoms with E-state index < -0.39 is 0 Å². The lowest BCUT2D eigenvalue weighted by Gasteiger charge is -2.16. The highest BCUT2D eigenvalue weighted by Gasteiger charge is 2.31. The molecule has 2 N–H and O–H groups in total. The highest BCUT2D eigenvalue weighted by molar-refractivity contribution is 6.08. The van der Waals surface area contributed by atoms with E-state index in [0.29, 0.717) is 83.7 Å². The molecule has 2 aliphatic heterocycles. The summed E-state index contributed by atoms with van der Waals surface area (Å²) in [6.45, 7) is 3.77. The van der Waals surface area contributed by atoms with E-state index in [-0.39, 0.29) is 24.8 Å². The Labute approximate surface area is 207 Å². The number of amides is 2. The molecule has 2 fully saturated rings. The Morgan fingerprint density at radius 3 is 2.94 bits per heavy atom. The monoisotopic (exact) mass is 493 g/mol. The zero-order chi connectivity index (χ0) is 24.6. The zero-order valence-corrected chi connectivity index (χ0v) is 19.9. The van der Waals surface area contributed by atoms with E-state index in [4.69, 9.17) is 18.9 Å². The van der Waals surface area contributed by atoms with Gasteiger partial charge in [0.1, 0.15) is 23.3 Å². The molecule has 11 heteroatoms. The molecule has 188 valence electrons. The van der Waals surface area contributed by atoms with Gasteiger partial charge in [0.15, 0.2) is 11.5 Å². The molecule has 11 nitrogen and oxygen atoms in total. The summed E-state index contributed by atoms with van der Waals surface area (Å²) in [7, 11) is 0. The number of aromatic amines is 1. The van der Waals surface area contributed by atoms with E-state index in [2.05, 4.69) is 20.3 Å². The number of nitrogens with one attached hydrogen (secondary N) is 2. The Bertz CT molecular complexity index is 1320. The van der Waals surface area contributed by atoms with E-state index in [1.165, 1.54) is 19.2 Å². The Kier molecular flexibility index (Phi) is 5.74. The molecule has 36 heavy (non-hydrogen) atoms. The van der Waals surface area contributed by atoms with Crippen molar-refractivity contribution < 1.29 is 28.5 Å². The van der Waals surface area contributed by atoms with E-state index >= 15 is 0 Å². The molecule has 4 heterocycles. The minimum Gasteiger partial charge on any atom is -0.492 e. The van der Waals surface area contributed by atoms with Crippen LogP contribution in [-0.4, -0.2) is 71.0 Å². The molecule has 0 bridgehead atoms. The number of rotatable bonds is 7. The molecular weight excluding hydrogens is 466 g/mol. The number of H-pyrrole nitrogens is 1. The number of hydrogen-bond donors (Lipinski definition) is 2. The summed E-state index contributed by atoms with van der Waals surface area (Å²) in [5, 5.41) is 3.01. The number of carbonyl (C=O) groups is 2. The van der Waals surface area contributed by atoms with Gasteiger partial charge < -0.3 is 34.1 Å². The van der Waals surface area contributed by atoms with Crippen LogP contribution in [0.3, 0.4) is 0 Å². The summed E-state index contributed by atoms with van der Waals surface area (Å²) < 4.78 is 22.6. The van der Waals surface area contributed by atoms with Crippen molar-refractivity contribution in [1.82, 2.24) is 25.2 Å². The van der Waals surface area contributed by atoms with Crippen molar-refractivity contribution in [3.63, 3.8) is 0 Å². The Morgan fingerprint density at radius 2 is 2.11 bits per heavy atom. The van der Waals surface area contributed by atoms with Crippen molar-refractivity contribution in [3.8, 4) is 28.5 Å². The zero-order valence-electron chi connectivity index (χ0n) is 19.9. The predicted molar refractivity (Wildman–Crippen MR) is 128 cm³/mol. The summed E-state index contributed by atoms with van der Waals surface area (Å²) >= 11 is 0. The van der Waals surface area contributed by atoms with Crippen LogP contribution >= 0.6 is 0 Å². The number of hydrogen-bond acceptors (Lipinski definition) is 8. The van der Waals surface area contributed by atoms with Gasteiger partial charge in [-0.2, -0.15) is 0 Å². The molecule has 2 amide bonds. The maximum absolute atomic E-state index is 13.2. The second kappa shape index (κ2) is 9.21. The van der Waals surface area contributed by atoms with Crippen LogP contribution in [0.15, 0.2) is 24.7 Å². The first-order valence-corrected chi connectivity index (χ1v) is 12.2. The van der Waals surface area contributed by atoms with Gasteiger partial charge in [0.2, 0.25) is 6.79 Å². The van der Waals surface area contributed by atoms with Crippen molar-refractivity contribution in [3.05, 3.63) is 30.2 Å². The largest absolute Gasteiger partial charge is 0.492 e. The molecule has 1 atom stereocenters. The van der Waals surface area contributed by atoms with Crippen LogP contribution in [0.25, 0.3) is 22.3 Å². The Hall–Kier alpha value is -4.02. The molecule has 1 aliphatic carbocycles. The van der Waals surface area contributed by atoms with Gasteiger partial charge in [-0.3, -0.25) is 4.79 Å². The van der Waals surface area contributed by atoms with Gasteiger partial charge >= 0.3 is 6.09 Å². The summed E-state index contributed by atoms with van der Waals surface area (Å²) in [4.78, 5) is 38.9. The third-order valence-corrected chi connectivity index (χ3v) is 6.67. The molecular formula is C25H27N5O6. The first-order valence-electron chi connectivity index (χ1n) is 12.2. The molecule has 6 rings (SSSR count). The topological polar surface area (TPSA) is 128 Å². The van der Waals surface area contributed by atoms with Crippen LogP contribution < -0.4 is 19.5 Å². The fourth-order valence-corrected chi connectivity index (χ4v) is 4.61. The maximum atomic E-state index is 13.2. The maximum Gasteiger partial charge on any atom is 0.409 e. The Balaban J connectivity index is 1.28. The van der Waals surface area contributed by atoms with Gasteiger partial charge in [0, 0.05) is 25.3 Å². The van der Waals surface area contributed by atoms with Crippen LogP contribution in [0.5, 0.6) is 17.2 Å². The van der Waals surface area contributed by atoms with Crippen LogP contribution in [0.2, 0.25) is 0 Å². The molecule has 1 saturated heterocycles. The number of carbonyl (C=O) groups excluding carboxylic acids is 2. The van der Waals surface area contributed by atoms with E-state index in [0.717, 1.165) is 0 Å². The third-order valence-electron chi connectivity index (χ3n) is 6.67. The van der Waals surface area contributed by atoms with E-state index in [9.17, 15) is 9.59 Å². The van der Waals surface area contributed by atoms with Gasteiger partial charge in [-0.25, -0.2) is 14.8 Å². The number of aromatic nitrogens is 3. The highest BCUT2D eigenvalue weighted by Crippen LogP contribution is 2.48. The first kappa shape index (κ1) is 22.4. The first-order chi connectivity index (χ1) is 17.6. The molecule has 0 unspecified atom stereocenters. The number of ether oxygens (including phenoxy) is 4. The van der Waals surface area contributed by atoms with Crippen LogP contribution in [0.4, 0.5) is 4.79 Å². The van der Waals surface area contributed by atoms with Gasteiger partial charge in [-0.05, 0) is 44.2 Å². The van der Waals surface area contributed by atoms with E-state index in [1.807, 2.05) is 12.1 Å². The molecule has 1 saturated carbocycles. The van der Waals surface area contributed by atoms with Gasteiger partial charge in [0.25, 0.3) is 5.91 Å². The quantitative estimate of drug-likeness (QED) is 0.514. The summed E-state index contributed by atoms with van der Waals surface area (Å²) in [5.41, 5.74) is 2.73. The molecule has 2 aromatic heterocycles. The lowest BCUT2D eigenvalue weighted by molar-refractivity contribution is 0.0931. The summed E-state index contributed by atoms with van der Waals surface area (Å²) in [6, 6.07) is 3.53. The molecule has 1 aromatic carbocycles. The number of likely N-dealkylation sites (tertiary alicyclic amines) is 1. The predicted octanol–water partition coefficient (Wildman–Crippen LogP) is 3.10. The normalized spacial score (nSPS) is 18.5. The smallest absolute Gasteiger partial charge is 0.409 e. The molecule has 3 aliphatic rings. The SMILES string of the molecule is CCOC(=O)N1CC[C@H](NC(=O)c2c[nH]c3c(-c4c(OCC5CC5)ccc5c4OCO5)ncnc23)C1. The minimum atomic E-state index is -0.361. The average molecular weight is 494 g/mol. The minimum absolute atomic E-state index is 0.116. The summed E-state index contributed by atoms with van der Waals surface area (Å²) in [6.07, 6.45) is 5.70. The van der Waals surface area contributed by atoms with Crippen molar-refractivity contribution in [1.29, 1.82) is 0 Å². The average Bonchev–Trinajstić information content (AvgIpc) is 3.25. The lowest BCUT2D eigenvalue weighted by atomic mass is 10.1. The fraction of sp³-hybridized carbons (Fsp3) is 0.440. The number of fused-ring (bicyclic) bond motifs is 2. The highest BCUT2D eigenvalue weighted by atomic mass is 16.7. The third kappa shape index (κ3) is 4.14. The standard InChI is InChI=1S/C25H27N5O6/c1-2-33-25(32)30-8-7-15(10-30)29-24(31)16-9-26-22-20(16)27-12-28-21(22)19-17(34-11-14-3-4-14)5-6-18-23(19)36-13-35-18/h5-6,9,12,14-15,26H,2-4,7-8,10-11,13H2,1H3,(H,29,31)/t15-/m0/s1.